The van der Waals surface area contributed by atoms with Crippen molar-refractivity contribution >= 4 is 27.3 Å². The topological polar surface area (TPSA) is 132 Å². The molecule has 164 valence electrons. The van der Waals surface area contributed by atoms with Gasteiger partial charge in [0.2, 0.25) is 5.91 Å². The van der Waals surface area contributed by atoms with Crippen molar-refractivity contribution in [2.75, 3.05) is 26.6 Å². The summed E-state index contributed by atoms with van der Waals surface area (Å²) >= 11 is 0. The highest BCUT2D eigenvalue weighted by Gasteiger charge is 2.42. The van der Waals surface area contributed by atoms with Gasteiger partial charge in [-0.25, -0.2) is 8.42 Å². The highest BCUT2D eigenvalue weighted by molar-refractivity contribution is 7.92. The summed E-state index contributed by atoms with van der Waals surface area (Å²) in [6.07, 6.45) is 5.31. The van der Waals surface area contributed by atoms with Gasteiger partial charge in [0.25, 0.3) is 0 Å². The third-order valence-electron chi connectivity index (χ3n) is 4.96. The lowest BCUT2D eigenvalue weighted by Crippen LogP contribution is -2.41. The first kappa shape index (κ1) is 23.6. The summed E-state index contributed by atoms with van der Waals surface area (Å²) in [5, 5.41) is 9.35. The van der Waals surface area contributed by atoms with Gasteiger partial charge in [-0.15, -0.1) is 0 Å². The van der Waals surface area contributed by atoms with Crippen molar-refractivity contribution in [1.29, 1.82) is 5.41 Å². The molecule has 1 unspecified atom stereocenters. The van der Waals surface area contributed by atoms with Crippen LogP contribution in [-0.4, -0.2) is 51.6 Å². The Balaban J connectivity index is 2.33. The van der Waals surface area contributed by atoms with E-state index < -0.39 is 26.5 Å². The Morgan fingerprint density at radius 2 is 1.97 bits per heavy atom. The van der Waals surface area contributed by atoms with Gasteiger partial charge in [-0.2, -0.15) is 0 Å². The van der Waals surface area contributed by atoms with Crippen LogP contribution >= 0.6 is 0 Å². The molecular formula is C21H29N3O5S. The smallest absolute Gasteiger partial charge is 0.226 e. The minimum Gasteiger partial charge on any atom is -0.497 e. The lowest BCUT2D eigenvalue weighted by Gasteiger charge is -2.33. The number of amides is 1. The van der Waals surface area contributed by atoms with Crippen LogP contribution < -0.4 is 11.1 Å². The van der Waals surface area contributed by atoms with E-state index in [9.17, 15) is 13.2 Å². The fourth-order valence-corrected chi connectivity index (χ4v) is 4.49. The molecule has 1 aromatic carbocycles. The van der Waals surface area contributed by atoms with Crippen LogP contribution in [0.2, 0.25) is 0 Å². The van der Waals surface area contributed by atoms with E-state index in [0.29, 0.717) is 25.4 Å². The Hall–Kier alpha value is -2.65. The Morgan fingerprint density at radius 1 is 1.27 bits per heavy atom. The van der Waals surface area contributed by atoms with Crippen molar-refractivity contribution in [1.82, 2.24) is 5.32 Å². The fourth-order valence-electron chi connectivity index (χ4n) is 3.31. The molecule has 0 fully saturated rings. The van der Waals surface area contributed by atoms with Crippen molar-refractivity contribution in [3.8, 4) is 0 Å². The molecule has 1 amide bonds. The maximum absolute atomic E-state index is 12.8. The lowest BCUT2D eigenvalue weighted by atomic mass is 9.87. The second kappa shape index (κ2) is 10.4. The molecule has 0 spiro atoms. The molecule has 0 aliphatic heterocycles. The number of allylic oxidation sites excluding steroid dienone is 3. The molecule has 8 nitrogen and oxygen atoms in total. The molecule has 0 heterocycles. The summed E-state index contributed by atoms with van der Waals surface area (Å²) in [7, 11) is -1.97. The molecule has 1 atom stereocenters. The number of nitrogens with one attached hydrogen (secondary N) is 2. The van der Waals surface area contributed by atoms with Gasteiger partial charge in [-0.1, -0.05) is 42.5 Å². The summed E-state index contributed by atoms with van der Waals surface area (Å²) in [6, 6.07) is 9.59. The van der Waals surface area contributed by atoms with Gasteiger partial charge >= 0.3 is 0 Å². The number of nitrogens with two attached hydrogens (primary N) is 1. The number of guanidine groups is 1. The summed E-state index contributed by atoms with van der Waals surface area (Å²) in [4.78, 5) is 12.0. The van der Waals surface area contributed by atoms with Crippen LogP contribution in [-0.2, 0) is 24.1 Å². The predicted octanol–water partition coefficient (Wildman–Crippen LogP) is 1.98. The molecule has 0 radical (unpaired) electrons. The van der Waals surface area contributed by atoms with E-state index in [-0.39, 0.29) is 19.3 Å². The van der Waals surface area contributed by atoms with Crippen LogP contribution in [0.3, 0.4) is 0 Å². The summed E-state index contributed by atoms with van der Waals surface area (Å²) in [6.45, 7) is 0.921. The highest BCUT2D eigenvalue weighted by atomic mass is 32.2. The first-order chi connectivity index (χ1) is 14.2. The van der Waals surface area contributed by atoms with Gasteiger partial charge in [0.1, 0.15) is 5.76 Å². The molecule has 4 N–H and O–H groups in total. The zero-order chi connectivity index (χ0) is 22.2. The molecule has 1 aromatic rings. The number of ether oxygens (including phenoxy) is 2. The average Bonchev–Trinajstić information content (AvgIpc) is 2.69. The summed E-state index contributed by atoms with van der Waals surface area (Å²) in [5.41, 5.74) is 6.93. The first-order valence-electron chi connectivity index (χ1n) is 9.61. The van der Waals surface area contributed by atoms with Crippen molar-refractivity contribution in [2.45, 2.75) is 30.4 Å². The maximum atomic E-state index is 12.8. The van der Waals surface area contributed by atoms with E-state index in [1.54, 1.807) is 19.3 Å². The molecule has 1 aliphatic carbocycles. The van der Waals surface area contributed by atoms with Crippen LogP contribution in [0, 0.1) is 5.41 Å². The minimum atomic E-state index is -3.58. The van der Waals surface area contributed by atoms with Crippen molar-refractivity contribution in [3.05, 3.63) is 53.8 Å². The van der Waals surface area contributed by atoms with Gasteiger partial charge in [-0.05, 0) is 12.0 Å². The van der Waals surface area contributed by atoms with Crippen LogP contribution in [0.5, 0.6) is 0 Å². The number of sulfone groups is 1. The van der Waals surface area contributed by atoms with E-state index in [1.165, 1.54) is 0 Å². The Bertz CT molecular complexity index is 925. The van der Waals surface area contributed by atoms with Gasteiger partial charge in [0.15, 0.2) is 15.8 Å². The molecule has 0 saturated heterocycles. The van der Waals surface area contributed by atoms with Crippen LogP contribution in [0.15, 0.2) is 48.2 Å². The van der Waals surface area contributed by atoms with Gasteiger partial charge in [0, 0.05) is 44.8 Å². The monoisotopic (exact) mass is 435 g/mol. The van der Waals surface area contributed by atoms with E-state index >= 15 is 0 Å². The fraction of sp³-hybridized carbons (Fsp3) is 0.429. The Kier molecular flexibility index (Phi) is 8.19. The molecule has 9 heteroatoms. The van der Waals surface area contributed by atoms with Gasteiger partial charge in [-0.3, -0.25) is 15.5 Å². The third-order valence-corrected chi connectivity index (χ3v) is 6.92. The molecule has 0 aromatic heterocycles. The Morgan fingerprint density at radius 3 is 2.57 bits per heavy atom. The van der Waals surface area contributed by atoms with Crippen LogP contribution in [0.4, 0.5) is 0 Å². The highest BCUT2D eigenvalue weighted by Crippen LogP contribution is 2.40. The van der Waals surface area contributed by atoms with E-state index in [4.69, 9.17) is 20.6 Å². The standard InChI is InChI=1S/C21H29N3O5S/c1-28-13-6-14-29-18-15-21(30(2,26)27,12-10-19(25)24-20(22)23)11-9-17(18)16-7-4-3-5-8-16/h3-5,7-9,11H,6,10,12-15H2,1-2H3,(H4,22,23,24,25). The second-order valence-corrected chi connectivity index (χ2v) is 9.56. The van der Waals surface area contributed by atoms with Gasteiger partial charge in [0.05, 0.1) is 11.4 Å². The van der Waals surface area contributed by atoms with E-state index in [2.05, 4.69) is 5.32 Å². The summed E-state index contributed by atoms with van der Waals surface area (Å²) < 4.78 is 35.3. The molecular weight excluding hydrogens is 406 g/mol. The predicted molar refractivity (Wildman–Crippen MR) is 116 cm³/mol. The van der Waals surface area contributed by atoms with Crippen LogP contribution in [0.25, 0.3) is 5.57 Å². The van der Waals surface area contributed by atoms with E-state index in [0.717, 1.165) is 17.4 Å². The molecule has 0 saturated carbocycles. The average molecular weight is 436 g/mol. The number of methoxy groups -OCH3 is 1. The molecule has 1 aliphatic rings. The Labute approximate surface area is 177 Å². The lowest BCUT2D eigenvalue weighted by molar-refractivity contribution is -0.119. The SMILES string of the molecule is COCCCOC1=C(c2ccccc2)C=CC(CCC(=O)NC(=N)N)(S(C)(=O)=O)C1. The zero-order valence-electron chi connectivity index (χ0n) is 17.3. The number of hydrogen-bond acceptors (Lipinski definition) is 6. The van der Waals surface area contributed by atoms with E-state index in [1.807, 2.05) is 30.3 Å². The first-order valence-corrected chi connectivity index (χ1v) is 11.5. The second-order valence-electron chi connectivity index (χ2n) is 7.21. The number of rotatable bonds is 10. The van der Waals surface area contributed by atoms with Crippen molar-refractivity contribution < 1.29 is 22.7 Å². The third kappa shape index (κ3) is 6.17. The normalized spacial score (nSPS) is 18.9. The number of carbonyl (C=O) groups excluding carboxylic acids is 1. The quantitative estimate of drug-likeness (QED) is 0.293. The van der Waals surface area contributed by atoms with Gasteiger partial charge < -0.3 is 15.2 Å². The zero-order valence-corrected chi connectivity index (χ0v) is 18.1. The maximum Gasteiger partial charge on any atom is 0.226 e. The number of carbonyl (C=O) groups is 1. The molecule has 30 heavy (non-hydrogen) atoms. The molecule has 2 rings (SSSR count). The summed E-state index contributed by atoms with van der Waals surface area (Å²) in [5.74, 6) is -0.405. The van der Waals surface area contributed by atoms with Crippen LogP contribution in [0.1, 0.15) is 31.2 Å². The van der Waals surface area contributed by atoms with Crippen molar-refractivity contribution in [2.24, 2.45) is 5.73 Å². The van der Waals surface area contributed by atoms with Crippen molar-refractivity contribution in [3.63, 3.8) is 0 Å². The number of hydrogen-bond donors (Lipinski definition) is 3. The number of benzene rings is 1. The minimum absolute atomic E-state index is 0.0500. The largest absolute Gasteiger partial charge is 0.497 e. The molecule has 0 bridgehead atoms.